The molecule has 0 aliphatic carbocycles. The zero-order chi connectivity index (χ0) is 13.7. The van der Waals surface area contributed by atoms with E-state index in [1.807, 2.05) is 12.1 Å². The molecule has 1 heteroatoms. The summed E-state index contributed by atoms with van der Waals surface area (Å²) in [5.74, 6) is 0.422. The van der Waals surface area contributed by atoms with Gasteiger partial charge in [0.25, 0.3) is 0 Å². The predicted molar refractivity (Wildman–Crippen MR) is 82.8 cm³/mol. The van der Waals surface area contributed by atoms with Crippen molar-refractivity contribution in [3.8, 4) is 5.75 Å². The summed E-state index contributed by atoms with van der Waals surface area (Å²) in [6, 6.07) is 10.5. The van der Waals surface area contributed by atoms with Crippen LogP contribution in [0.5, 0.6) is 5.75 Å². The summed E-state index contributed by atoms with van der Waals surface area (Å²) in [6.07, 6.45) is 7.26. The molecule has 0 radical (unpaired) electrons. The largest absolute Gasteiger partial charge is 0.508 e. The molecule has 0 aliphatic heterocycles. The molecular weight excluding hydrogens is 232 g/mol. The normalized spacial score (nSPS) is 11.1. The van der Waals surface area contributed by atoms with Gasteiger partial charge in [0.2, 0.25) is 0 Å². The molecule has 0 fully saturated rings. The topological polar surface area (TPSA) is 20.2 Å². The van der Waals surface area contributed by atoms with E-state index in [0.717, 1.165) is 18.4 Å². The van der Waals surface area contributed by atoms with Gasteiger partial charge in [0.1, 0.15) is 5.75 Å². The Kier molecular flexibility index (Phi) is 4.84. The van der Waals surface area contributed by atoms with Gasteiger partial charge < -0.3 is 5.11 Å². The van der Waals surface area contributed by atoms with E-state index < -0.39 is 0 Å². The molecule has 0 bridgehead atoms. The number of rotatable bonds is 6. The molecule has 102 valence electrons. The Hall–Kier alpha value is -1.50. The van der Waals surface area contributed by atoms with Crippen molar-refractivity contribution in [3.05, 3.63) is 41.5 Å². The summed E-state index contributed by atoms with van der Waals surface area (Å²) in [4.78, 5) is 0. The minimum Gasteiger partial charge on any atom is -0.508 e. The molecule has 0 aliphatic rings. The van der Waals surface area contributed by atoms with E-state index in [0.29, 0.717) is 5.75 Å². The Morgan fingerprint density at radius 2 is 1.79 bits per heavy atom. The van der Waals surface area contributed by atoms with Crippen molar-refractivity contribution >= 4 is 10.8 Å². The molecule has 0 spiro atoms. The van der Waals surface area contributed by atoms with Crippen LogP contribution < -0.4 is 0 Å². The van der Waals surface area contributed by atoms with Gasteiger partial charge in [-0.15, -0.1) is 0 Å². The Labute approximate surface area is 116 Å². The van der Waals surface area contributed by atoms with Crippen LogP contribution in [0, 0.1) is 0 Å². The Balaban J connectivity index is 2.19. The maximum Gasteiger partial charge on any atom is 0.119 e. The lowest BCUT2D eigenvalue weighted by Crippen LogP contribution is -1.89. The molecule has 2 rings (SSSR count). The number of phenols is 1. The molecule has 0 saturated heterocycles. The summed E-state index contributed by atoms with van der Waals surface area (Å²) in [5.41, 5.74) is 2.48. The number of fused-ring (bicyclic) bond motifs is 1. The van der Waals surface area contributed by atoms with Crippen LogP contribution in [0.2, 0.25) is 0 Å². The summed E-state index contributed by atoms with van der Waals surface area (Å²) in [5, 5.41) is 12.3. The van der Waals surface area contributed by atoms with Crippen molar-refractivity contribution < 1.29 is 5.11 Å². The SMILES string of the molecule is CCCCCCc1ccc2c(CC)c(O)ccc2c1. The van der Waals surface area contributed by atoms with E-state index >= 15 is 0 Å². The zero-order valence-corrected chi connectivity index (χ0v) is 12.1. The van der Waals surface area contributed by atoms with Crippen molar-refractivity contribution in [1.29, 1.82) is 0 Å². The predicted octanol–water partition coefficient (Wildman–Crippen LogP) is 5.23. The van der Waals surface area contributed by atoms with Gasteiger partial charge in [-0.05, 0) is 41.7 Å². The number of unbranched alkanes of at least 4 members (excludes halogenated alkanes) is 3. The van der Waals surface area contributed by atoms with Crippen LogP contribution in [-0.2, 0) is 12.8 Å². The lowest BCUT2D eigenvalue weighted by atomic mass is 9.97. The van der Waals surface area contributed by atoms with Gasteiger partial charge >= 0.3 is 0 Å². The molecule has 0 saturated carbocycles. The van der Waals surface area contributed by atoms with Gasteiger partial charge in [0.05, 0.1) is 0 Å². The quantitative estimate of drug-likeness (QED) is 0.701. The second kappa shape index (κ2) is 6.60. The number of phenolic OH excluding ortho intramolecular Hbond substituents is 1. The highest BCUT2D eigenvalue weighted by atomic mass is 16.3. The van der Waals surface area contributed by atoms with Crippen molar-refractivity contribution in [2.24, 2.45) is 0 Å². The van der Waals surface area contributed by atoms with Crippen LogP contribution in [-0.4, -0.2) is 5.11 Å². The first-order valence-electron chi connectivity index (χ1n) is 7.49. The highest BCUT2D eigenvalue weighted by Crippen LogP contribution is 2.28. The van der Waals surface area contributed by atoms with Crippen LogP contribution in [0.1, 0.15) is 50.7 Å². The second-order valence-electron chi connectivity index (χ2n) is 5.28. The third-order valence-corrected chi connectivity index (χ3v) is 3.84. The highest BCUT2D eigenvalue weighted by molar-refractivity contribution is 5.88. The third-order valence-electron chi connectivity index (χ3n) is 3.84. The summed E-state index contributed by atoms with van der Waals surface area (Å²) in [7, 11) is 0. The molecule has 1 N–H and O–H groups in total. The minimum atomic E-state index is 0.422. The molecular formula is C18H24O. The number of aryl methyl sites for hydroxylation is 2. The zero-order valence-electron chi connectivity index (χ0n) is 12.1. The minimum absolute atomic E-state index is 0.422. The van der Waals surface area contributed by atoms with Gasteiger partial charge in [-0.1, -0.05) is 57.4 Å². The first-order valence-corrected chi connectivity index (χ1v) is 7.49. The van der Waals surface area contributed by atoms with Crippen molar-refractivity contribution in [1.82, 2.24) is 0 Å². The Morgan fingerprint density at radius 3 is 2.53 bits per heavy atom. The maximum atomic E-state index is 9.88. The molecule has 0 aromatic heterocycles. The highest BCUT2D eigenvalue weighted by Gasteiger charge is 2.05. The molecule has 0 amide bonds. The van der Waals surface area contributed by atoms with Gasteiger partial charge in [-0.3, -0.25) is 0 Å². The molecule has 2 aromatic carbocycles. The van der Waals surface area contributed by atoms with E-state index in [1.54, 1.807) is 0 Å². The fraction of sp³-hybridized carbons (Fsp3) is 0.444. The molecule has 0 unspecified atom stereocenters. The molecule has 2 aromatic rings. The van der Waals surface area contributed by atoms with Crippen molar-refractivity contribution in [2.75, 3.05) is 0 Å². The lowest BCUT2D eigenvalue weighted by molar-refractivity contribution is 0.470. The van der Waals surface area contributed by atoms with E-state index in [-0.39, 0.29) is 0 Å². The van der Waals surface area contributed by atoms with Crippen molar-refractivity contribution in [2.45, 2.75) is 52.4 Å². The number of hydrogen-bond donors (Lipinski definition) is 1. The smallest absolute Gasteiger partial charge is 0.119 e. The summed E-state index contributed by atoms with van der Waals surface area (Å²) >= 11 is 0. The van der Waals surface area contributed by atoms with Gasteiger partial charge in [-0.25, -0.2) is 0 Å². The first-order chi connectivity index (χ1) is 9.26. The fourth-order valence-corrected chi connectivity index (χ4v) is 2.72. The fourth-order valence-electron chi connectivity index (χ4n) is 2.72. The average Bonchev–Trinajstić information content (AvgIpc) is 2.43. The standard InChI is InChI=1S/C18H24O/c1-3-5-6-7-8-14-9-11-17-15(13-14)10-12-18(19)16(17)4-2/h9-13,19H,3-8H2,1-2H3. The van der Waals surface area contributed by atoms with Crippen LogP contribution in [0.15, 0.2) is 30.3 Å². The molecule has 19 heavy (non-hydrogen) atoms. The molecule has 0 atom stereocenters. The summed E-state index contributed by atoms with van der Waals surface area (Å²) in [6.45, 7) is 4.34. The van der Waals surface area contributed by atoms with Crippen LogP contribution in [0.3, 0.4) is 0 Å². The second-order valence-corrected chi connectivity index (χ2v) is 5.28. The molecule has 0 heterocycles. The van der Waals surface area contributed by atoms with E-state index in [4.69, 9.17) is 0 Å². The van der Waals surface area contributed by atoms with E-state index in [9.17, 15) is 5.11 Å². The summed E-state index contributed by atoms with van der Waals surface area (Å²) < 4.78 is 0. The van der Waals surface area contributed by atoms with Crippen LogP contribution >= 0.6 is 0 Å². The van der Waals surface area contributed by atoms with E-state index in [1.165, 1.54) is 42.0 Å². The monoisotopic (exact) mass is 256 g/mol. The number of aromatic hydroxyl groups is 1. The first kappa shape index (κ1) is 13.9. The maximum absolute atomic E-state index is 9.88. The third kappa shape index (κ3) is 3.28. The van der Waals surface area contributed by atoms with Gasteiger partial charge in [0, 0.05) is 5.56 Å². The molecule has 1 nitrogen and oxygen atoms in total. The Morgan fingerprint density at radius 1 is 0.947 bits per heavy atom. The van der Waals surface area contributed by atoms with Crippen LogP contribution in [0.4, 0.5) is 0 Å². The number of benzene rings is 2. The van der Waals surface area contributed by atoms with Crippen molar-refractivity contribution in [3.63, 3.8) is 0 Å². The van der Waals surface area contributed by atoms with Gasteiger partial charge in [0.15, 0.2) is 0 Å². The van der Waals surface area contributed by atoms with Gasteiger partial charge in [-0.2, -0.15) is 0 Å². The average molecular weight is 256 g/mol. The lowest BCUT2D eigenvalue weighted by Gasteiger charge is -2.09. The Bertz CT molecular complexity index is 543. The van der Waals surface area contributed by atoms with Crippen LogP contribution in [0.25, 0.3) is 10.8 Å². The number of hydrogen-bond acceptors (Lipinski definition) is 1. The van der Waals surface area contributed by atoms with E-state index in [2.05, 4.69) is 32.0 Å².